The Morgan fingerprint density at radius 3 is 2.88 bits per heavy atom. The molecule has 2 rings (SSSR count). The molecule has 0 atom stereocenters. The first-order valence-electron chi connectivity index (χ1n) is 6.56. The van der Waals surface area contributed by atoms with Crippen molar-refractivity contribution >= 4 is 0 Å². The Morgan fingerprint density at radius 1 is 1.47 bits per heavy atom. The first kappa shape index (κ1) is 12.5. The normalized spacial score (nSPS) is 16.2. The van der Waals surface area contributed by atoms with Gasteiger partial charge in [0.25, 0.3) is 0 Å². The van der Waals surface area contributed by atoms with E-state index in [0.29, 0.717) is 6.04 Å². The highest BCUT2D eigenvalue weighted by Gasteiger charge is 2.24. The second kappa shape index (κ2) is 6.12. The Labute approximate surface area is 103 Å². The third kappa shape index (κ3) is 3.27. The minimum absolute atomic E-state index is 0.282. The van der Waals surface area contributed by atoms with Gasteiger partial charge in [-0.2, -0.15) is 0 Å². The van der Waals surface area contributed by atoms with Gasteiger partial charge in [-0.1, -0.05) is 12.5 Å². The molecule has 94 valence electrons. The summed E-state index contributed by atoms with van der Waals surface area (Å²) >= 11 is 0. The Morgan fingerprint density at radius 2 is 2.29 bits per heavy atom. The third-order valence-electron chi connectivity index (χ3n) is 3.67. The van der Waals surface area contributed by atoms with Gasteiger partial charge in [-0.25, -0.2) is 0 Å². The summed E-state index contributed by atoms with van der Waals surface area (Å²) in [5.41, 5.74) is 2.44. The SMILES string of the molecule is Cc1cccnc1CN(CCCO)C1CCC1. The van der Waals surface area contributed by atoms with Gasteiger partial charge in [0, 0.05) is 31.9 Å². The van der Waals surface area contributed by atoms with Gasteiger partial charge in [0.1, 0.15) is 0 Å². The molecule has 0 radical (unpaired) electrons. The minimum atomic E-state index is 0.282. The summed E-state index contributed by atoms with van der Waals surface area (Å²) in [6, 6.07) is 4.82. The molecule has 0 amide bonds. The van der Waals surface area contributed by atoms with Crippen molar-refractivity contribution in [3.8, 4) is 0 Å². The number of hydrogen-bond donors (Lipinski definition) is 1. The van der Waals surface area contributed by atoms with E-state index in [4.69, 9.17) is 5.11 Å². The van der Waals surface area contributed by atoms with Gasteiger partial charge in [0.15, 0.2) is 0 Å². The summed E-state index contributed by atoms with van der Waals surface area (Å²) in [5.74, 6) is 0. The summed E-state index contributed by atoms with van der Waals surface area (Å²) in [4.78, 5) is 6.94. The van der Waals surface area contributed by atoms with Gasteiger partial charge >= 0.3 is 0 Å². The Bertz CT molecular complexity index is 350. The standard InChI is InChI=1S/C14H22N2O/c1-12-5-3-8-15-14(12)11-16(9-4-10-17)13-6-2-7-13/h3,5,8,13,17H,2,4,6-7,9-11H2,1H3. The molecule has 0 aliphatic heterocycles. The zero-order valence-corrected chi connectivity index (χ0v) is 10.6. The van der Waals surface area contributed by atoms with E-state index in [-0.39, 0.29) is 6.61 Å². The number of aromatic nitrogens is 1. The van der Waals surface area contributed by atoms with Crippen molar-refractivity contribution in [1.29, 1.82) is 0 Å². The van der Waals surface area contributed by atoms with Crippen LogP contribution in [0.15, 0.2) is 18.3 Å². The number of nitrogens with zero attached hydrogens (tertiary/aromatic N) is 2. The molecule has 1 aliphatic rings. The van der Waals surface area contributed by atoms with E-state index in [0.717, 1.165) is 19.5 Å². The predicted molar refractivity (Wildman–Crippen MR) is 68.7 cm³/mol. The molecule has 0 bridgehead atoms. The largest absolute Gasteiger partial charge is 0.396 e. The monoisotopic (exact) mass is 234 g/mol. The molecule has 1 aliphatic carbocycles. The van der Waals surface area contributed by atoms with E-state index in [1.54, 1.807) is 0 Å². The third-order valence-corrected chi connectivity index (χ3v) is 3.67. The van der Waals surface area contributed by atoms with Crippen molar-refractivity contribution in [3.05, 3.63) is 29.6 Å². The Kier molecular flexibility index (Phi) is 4.51. The van der Waals surface area contributed by atoms with E-state index >= 15 is 0 Å². The van der Waals surface area contributed by atoms with E-state index in [1.165, 1.54) is 30.5 Å². The average molecular weight is 234 g/mol. The number of pyridine rings is 1. The van der Waals surface area contributed by atoms with Crippen molar-refractivity contribution in [1.82, 2.24) is 9.88 Å². The van der Waals surface area contributed by atoms with Gasteiger partial charge in [0.2, 0.25) is 0 Å². The Balaban J connectivity index is 1.98. The topological polar surface area (TPSA) is 36.4 Å². The quantitative estimate of drug-likeness (QED) is 0.819. The summed E-state index contributed by atoms with van der Waals surface area (Å²) in [6.07, 6.45) is 6.69. The lowest BCUT2D eigenvalue weighted by Crippen LogP contribution is -2.40. The van der Waals surface area contributed by atoms with Gasteiger partial charge in [-0.3, -0.25) is 9.88 Å². The molecule has 0 spiro atoms. The zero-order chi connectivity index (χ0) is 12.1. The fourth-order valence-corrected chi connectivity index (χ4v) is 2.29. The van der Waals surface area contributed by atoms with Crippen LogP contribution < -0.4 is 0 Å². The highest BCUT2D eigenvalue weighted by Crippen LogP contribution is 2.26. The van der Waals surface area contributed by atoms with Crippen LogP contribution in [-0.4, -0.2) is 34.2 Å². The summed E-state index contributed by atoms with van der Waals surface area (Å²) in [6.45, 7) is 4.31. The lowest BCUT2D eigenvalue weighted by molar-refractivity contribution is 0.108. The van der Waals surface area contributed by atoms with Crippen LogP contribution in [0.2, 0.25) is 0 Å². The highest BCUT2D eigenvalue weighted by atomic mass is 16.3. The van der Waals surface area contributed by atoms with Crippen LogP contribution in [0.25, 0.3) is 0 Å². The van der Waals surface area contributed by atoms with Crippen LogP contribution in [0.1, 0.15) is 36.9 Å². The van der Waals surface area contributed by atoms with Gasteiger partial charge in [-0.15, -0.1) is 0 Å². The van der Waals surface area contributed by atoms with Crippen LogP contribution in [0, 0.1) is 6.92 Å². The number of rotatable bonds is 6. The van der Waals surface area contributed by atoms with E-state index in [2.05, 4.69) is 22.9 Å². The number of aliphatic hydroxyl groups is 1. The van der Waals surface area contributed by atoms with E-state index in [9.17, 15) is 0 Å². The van der Waals surface area contributed by atoms with Crippen LogP contribution in [-0.2, 0) is 6.54 Å². The van der Waals surface area contributed by atoms with Crippen molar-refractivity contribution in [3.63, 3.8) is 0 Å². The molecule has 1 N–H and O–H groups in total. The van der Waals surface area contributed by atoms with Crippen LogP contribution in [0.4, 0.5) is 0 Å². The van der Waals surface area contributed by atoms with Gasteiger partial charge in [0.05, 0.1) is 5.69 Å². The Hall–Kier alpha value is -0.930. The molecule has 0 saturated heterocycles. The second-order valence-electron chi connectivity index (χ2n) is 4.90. The highest BCUT2D eigenvalue weighted by molar-refractivity contribution is 5.17. The first-order chi connectivity index (χ1) is 8.31. The zero-order valence-electron chi connectivity index (χ0n) is 10.6. The van der Waals surface area contributed by atoms with Crippen LogP contribution in [0.5, 0.6) is 0 Å². The van der Waals surface area contributed by atoms with Crippen molar-refractivity contribution in [2.75, 3.05) is 13.2 Å². The molecule has 1 saturated carbocycles. The first-order valence-corrected chi connectivity index (χ1v) is 6.56. The lowest BCUT2D eigenvalue weighted by Gasteiger charge is -2.37. The summed E-state index contributed by atoms with van der Waals surface area (Å²) in [5, 5.41) is 8.97. The van der Waals surface area contributed by atoms with Gasteiger partial charge in [-0.05, 0) is 37.8 Å². The molecule has 3 nitrogen and oxygen atoms in total. The molecule has 3 heteroatoms. The van der Waals surface area contributed by atoms with Gasteiger partial charge < -0.3 is 5.11 Å². The summed E-state index contributed by atoms with van der Waals surface area (Å²) < 4.78 is 0. The van der Waals surface area contributed by atoms with Crippen molar-refractivity contribution in [2.24, 2.45) is 0 Å². The van der Waals surface area contributed by atoms with Crippen molar-refractivity contribution < 1.29 is 5.11 Å². The number of aryl methyl sites for hydroxylation is 1. The predicted octanol–water partition coefficient (Wildman–Crippen LogP) is 2.13. The molecule has 0 unspecified atom stereocenters. The van der Waals surface area contributed by atoms with Crippen molar-refractivity contribution in [2.45, 2.75) is 45.2 Å². The smallest absolute Gasteiger partial charge is 0.0573 e. The molecule has 0 aromatic carbocycles. The van der Waals surface area contributed by atoms with E-state index < -0.39 is 0 Å². The lowest BCUT2D eigenvalue weighted by atomic mass is 9.91. The second-order valence-corrected chi connectivity index (χ2v) is 4.90. The summed E-state index contributed by atoms with van der Waals surface area (Å²) in [7, 11) is 0. The molecule has 1 aromatic rings. The average Bonchev–Trinajstić information content (AvgIpc) is 2.26. The maximum atomic E-state index is 8.97. The maximum Gasteiger partial charge on any atom is 0.0573 e. The maximum absolute atomic E-state index is 8.97. The molecule has 17 heavy (non-hydrogen) atoms. The van der Waals surface area contributed by atoms with E-state index in [1.807, 2.05) is 12.3 Å². The number of aliphatic hydroxyl groups excluding tert-OH is 1. The minimum Gasteiger partial charge on any atom is -0.396 e. The molecule has 1 heterocycles. The molecule has 1 fully saturated rings. The van der Waals surface area contributed by atoms with Crippen LogP contribution >= 0.6 is 0 Å². The molecular weight excluding hydrogens is 212 g/mol. The fraction of sp³-hybridized carbons (Fsp3) is 0.643. The van der Waals surface area contributed by atoms with Crippen LogP contribution in [0.3, 0.4) is 0 Å². The molecule has 1 aromatic heterocycles. The number of hydrogen-bond acceptors (Lipinski definition) is 3. The molecular formula is C14H22N2O. The fourth-order valence-electron chi connectivity index (χ4n) is 2.29.